The second kappa shape index (κ2) is 8.57. The zero-order chi connectivity index (χ0) is 22.3. The molecule has 2 fully saturated rings. The van der Waals surface area contributed by atoms with Gasteiger partial charge in [-0.25, -0.2) is 9.78 Å². The third-order valence-corrected chi connectivity index (χ3v) is 6.38. The van der Waals surface area contributed by atoms with Crippen LogP contribution in [0.4, 0.5) is 0 Å². The second-order valence-corrected chi connectivity index (χ2v) is 9.61. The van der Waals surface area contributed by atoms with Gasteiger partial charge in [-0.05, 0) is 51.0 Å². The van der Waals surface area contributed by atoms with E-state index in [2.05, 4.69) is 34.0 Å². The molecule has 3 heterocycles. The lowest BCUT2D eigenvalue weighted by Crippen LogP contribution is -2.47. The van der Waals surface area contributed by atoms with E-state index in [0.717, 1.165) is 38.2 Å². The molecule has 2 aromatic heterocycles. The van der Waals surface area contributed by atoms with Crippen molar-refractivity contribution in [2.75, 3.05) is 19.6 Å². The number of rotatable bonds is 6. The fraction of sp³-hybridized carbons (Fsp3) is 0.652. The Hall–Kier alpha value is -2.48. The van der Waals surface area contributed by atoms with Gasteiger partial charge in [-0.3, -0.25) is 19.1 Å². The number of piperidine rings is 1. The maximum atomic E-state index is 13.3. The minimum absolute atomic E-state index is 0.0613. The number of carbonyl (C=O) groups is 1. The monoisotopic (exact) mass is 427 g/mol. The van der Waals surface area contributed by atoms with Crippen molar-refractivity contribution in [3.63, 3.8) is 0 Å². The van der Waals surface area contributed by atoms with Gasteiger partial charge in [0.25, 0.3) is 11.5 Å². The van der Waals surface area contributed by atoms with Crippen molar-refractivity contribution >= 4 is 16.9 Å². The first-order valence-electron chi connectivity index (χ1n) is 11.5. The summed E-state index contributed by atoms with van der Waals surface area (Å²) in [6, 6.07) is 1.68. The number of amides is 1. The van der Waals surface area contributed by atoms with Crippen molar-refractivity contribution < 1.29 is 4.79 Å². The summed E-state index contributed by atoms with van der Waals surface area (Å²) in [5.74, 6) is 1.32. The molecule has 1 aliphatic carbocycles. The standard InChI is InChI=1S/C23H33N5O3/c1-5-28-20-19(22(30)26-23(28)31)17(9-18(25-20)16-6-7-16)21(29)24-15(4)12-27-10-13(2)8-14(3)11-27/h9,13-16H,5-8,10-12H2,1-4H3,(H,24,29)(H,26,30,31). The van der Waals surface area contributed by atoms with Gasteiger partial charge in [-0.2, -0.15) is 0 Å². The summed E-state index contributed by atoms with van der Waals surface area (Å²) in [6.07, 6.45) is 3.27. The number of hydrogen-bond acceptors (Lipinski definition) is 5. The first-order chi connectivity index (χ1) is 14.8. The first-order valence-corrected chi connectivity index (χ1v) is 11.5. The highest BCUT2D eigenvalue weighted by Crippen LogP contribution is 2.39. The SMILES string of the molecule is CCn1c(=O)[nH]c(=O)c2c(C(=O)NC(C)CN3CC(C)CC(C)C3)cc(C3CC3)nc21. The molecule has 2 aromatic rings. The quantitative estimate of drug-likeness (QED) is 0.735. The van der Waals surface area contributed by atoms with Crippen molar-refractivity contribution in [2.45, 2.75) is 65.5 Å². The molecular weight excluding hydrogens is 394 g/mol. The van der Waals surface area contributed by atoms with Gasteiger partial charge in [0.05, 0.1) is 10.9 Å². The molecule has 1 aliphatic heterocycles. The van der Waals surface area contributed by atoms with E-state index >= 15 is 0 Å². The summed E-state index contributed by atoms with van der Waals surface area (Å²) in [6.45, 7) is 11.6. The highest BCUT2D eigenvalue weighted by molar-refractivity contribution is 6.05. The molecule has 1 saturated heterocycles. The number of carbonyl (C=O) groups excluding carboxylic acids is 1. The van der Waals surface area contributed by atoms with E-state index in [4.69, 9.17) is 0 Å². The van der Waals surface area contributed by atoms with Crippen LogP contribution in [-0.2, 0) is 6.54 Å². The van der Waals surface area contributed by atoms with E-state index in [0.29, 0.717) is 35.5 Å². The van der Waals surface area contributed by atoms with Gasteiger partial charge in [-0.1, -0.05) is 13.8 Å². The lowest BCUT2D eigenvalue weighted by Gasteiger charge is -2.36. The fourth-order valence-electron chi connectivity index (χ4n) is 5.03. The molecule has 0 spiro atoms. The highest BCUT2D eigenvalue weighted by atomic mass is 16.2. The first kappa shape index (κ1) is 21.7. The molecule has 3 atom stereocenters. The van der Waals surface area contributed by atoms with Gasteiger partial charge in [0, 0.05) is 43.8 Å². The number of aryl methyl sites for hydroxylation is 1. The van der Waals surface area contributed by atoms with Crippen molar-refractivity contribution in [1.29, 1.82) is 0 Å². The van der Waals surface area contributed by atoms with Gasteiger partial charge in [0.1, 0.15) is 0 Å². The number of likely N-dealkylation sites (tertiary alicyclic amines) is 1. The van der Waals surface area contributed by atoms with Crippen molar-refractivity contribution in [2.24, 2.45) is 11.8 Å². The van der Waals surface area contributed by atoms with Gasteiger partial charge in [0.2, 0.25) is 0 Å². The highest BCUT2D eigenvalue weighted by Gasteiger charge is 2.29. The number of aromatic nitrogens is 3. The van der Waals surface area contributed by atoms with Crippen LogP contribution in [0, 0.1) is 11.8 Å². The topological polar surface area (TPSA) is 100 Å². The summed E-state index contributed by atoms with van der Waals surface area (Å²) in [5.41, 5.74) is 0.348. The number of H-pyrrole nitrogens is 1. The van der Waals surface area contributed by atoms with E-state index in [9.17, 15) is 14.4 Å². The predicted molar refractivity (Wildman–Crippen MR) is 121 cm³/mol. The molecule has 2 aliphatic rings. The van der Waals surface area contributed by atoms with Crippen LogP contribution >= 0.6 is 0 Å². The van der Waals surface area contributed by atoms with Crippen molar-refractivity contribution in [1.82, 2.24) is 24.8 Å². The largest absolute Gasteiger partial charge is 0.348 e. The van der Waals surface area contributed by atoms with Crippen molar-refractivity contribution in [3.8, 4) is 0 Å². The molecule has 8 heteroatoms. The molecule has 168 valence electrons. The fourth-order valence-corrected chi connectivity index (χ4v) is 5.03. The Kier molecular flexibility index (Phi) is 6.01. The van der Waals surface area contributed by atoms with Crippen LogP contribution in [0.15, 0.2) is 15.7 Å². The molecule has 1 amide bonds. The van der Waals surface area contributed by atoms with Crippen LogP contribution in [0.5, 0.6) is 0 Å². The normalized spacial score (nSPS) is 23.1. The number of fused-ring (bicyclic) bond motifs is 1. The van der Waals surface area contributed by atoms with Gasteiger partial charge in [-0.15, -0.1) is 0 Å². The summed E-state index contributed by atoms with van der Waals surface area (Å²) < 4.78 is 1.43. The molecule has 3 unspecified atom stereocenters. The van der Waals surface area contributed by atoms with Crippen LogP contribution < -0.4 is 16.6 Å². The summed E-state index contributed by atoms with van der Waals surface area (Å²) in [5, 5.41) is 3.27. The predicted octanol–water partition coefficient (Wildman–Crippen LogP) is 2.08. The van der Waals surface area contributed by atoms with Crippen LogP contribution in [0.1, 0.15) is 68.9 Å². The van der Waals surface area contributed by atoms with E-state index in [1.54, 1.807) is 6.07 Å². The number of nitrogens with zero attached hydrogens (tertiary/aromatic N) is 3. The molecule has 0 aromatic carbocycles. The average molecular weight is 428 g/mol. The molecule has 1 saturated carbocycles. The summed E-state index contributed by atoms with van der Waals surface area (Å²) in [4.78, 5) is 47.6. The Morgan fingerprint density at radius 3 is 2.55 bits per heavy atom. The number of pyridine rings is 1. The third kappa shape index (κ3) is 4.59. The molecular formula is C23H33N5O3. The summed E-state index contributed by atoms with van der Waals surface area (Å²) >= 11 is 0. The minimum atomic E-state index is -0.559. The Balaban J connectivity index is 1.64. The molecule has 8 nitrogen and oxygen atoms in total. The van der Waals surface area contributed by atoms with E-state index < -0.39 is 11.2 Å². The van der Waals surface area contributed by atoms with E-state index in [-0.39, 0.29) is 17.3 Å². The Morgan fingerprint density at radius 2 is 1.94 bits per heavy atom. The lowest BCUT2D eigenvalue weighted by atomic mass is 9.92. The smallest absolute Gasteiger partial charge is 0.329 e. The molecule has 2 N–H and O–H groups in total. The number of hydrogen-bond donors (Lipinski definition) is 2. The third-order valence-electron chi connectivity index (χ3n) is 6.38. The van der Waals surface area contributed by atoms with Crippen LogP contribution in [-0.4, -0.2) is 51.0 Å². The van der Waals surface area contributed by atoms with Crippen molar-refractivity contribution in [3.05, 3.63) is 38.2 Å². The Bertz CT molecular complexity index is 1090. The minimum Gasteiger partial charge on any atom is -0.348 e. The molecule has 31 heavy (non-hydrogen) atoms. The molecule has 0 radical (unpaired) electrons. The number of aromatic amines is 1. The second-order valence-electron chi connectivity index (χ2n) is 9.61. The van der Waals surface area contributed by atoms with E-state index in [1.165, 1.54) is 11.0 Å². The Labute approximate surface area is 182 Å². The lowest BCUT2D eigenvalue weighted by molar-refractivity contribution is 0.0906. The maximum Gasteiger partial charge on any atom is 0.329 e. The summed E-state index contributed by atoms with van der Waals surface area (Å²) in [7, 11) is 0. The molecule has 4 rings (SSSR count). The molecule has 0 bridgehead atoms. The average Bonchev–Trinajstić information content (AvgIpc) is 3.51. The van der Waals surface area contributed by atoms with Gasteiger partial charge < -0.3 is 10.2 Å². The van der Waals surface area contributed by atoms with Crippen LogP contribution in [0.25, 0.3) is 11.0 Å². The van der Waals surface area contributed by atoms with Gasteiger partial charge in [0.15, 0.2) is 5.65 Å². The van der Waals surface area contributed by atoms with Gasteiger partial charge >= 0.3 is 5.69 Å². The van der Waals surface area contributed by atoms with Crippen LogP contribution in [0.2, 0.25) is 0 Å². The zero-order valence-electron chi connectivity index (χ0n) is 18.9. The van der Waals surface area contributed by atoms with Crippen LogP contribution in [0.3, 0.4) is 0 Å². The number of nitrogens with one attached hydrogen (secondary N) is 2. The van der Waals surface area contributed by atoms with E-state index in [1.807, 2.05) is 13.8 Å². The Morgan fingerprint density at radius 1 is 1.26 bits per heavy atom. The maximum absolute atomic E-state index is 13.3. The zero-order valence-corrected chi connectivity index (χ0v) is 18.9.